The number of nitrogens with one attached hydrogen (secondary N) is 1. The zero-order chi connectivity index (χ0) is 22.7. The van der Waals surface area contributed by atoms with Crippen molar-refractivity contribution in [1.82, 2.24) is 4.98 Å². The fraction of sp³-hybridized carbons (Fsp3) is 0.625. The highest BCUT2D eigenvalue weighted by molar-refractivity contribution is 6.74. The third kappa shape index (κ3) is 5.44. The Morgan fingerprint density at radius 1 is 1.19 bits per heavy atom. The molecule has 0 saturated heterocycles. The van der Waals surface area contributed by atoms with Gasteiger partial charge < -0.3 is 9.74 Å². The second kappa shape index (κ2) is 9.24. The number of aromatic nitrogens is 1. The van der Waals surface area contributed by atoms with E-state index in [0.29, 0.717) is 12.2 Å². The predicted molar refractivity (Wildman–Crippen MR) is 130 cm³/mol. The molecule has 1 aliphatic rings. The second-order valence-electron chi connectivity index (χ2n) is 10.4. The number of hydrogen-bond donors (Lipinski definition) is 1. The van der Waals surface area contributed by atoms with Gasteiger partial charge in [-0.1, -0.05) is 58.2 Å². The topological polar surface area (TPSA) is 77.3 Å². The highest BCUT2D eigenvalue weighted by Gasteiger charge is 2.44. The Labute approximate surface area is 187 Å². The second-order valence-corrected chi connectivity index (χ2v) is 15.2. The van der Waals surface area contributed by atoms with Crippen molar-refractivity contribution < 1.29 is 9.35 Å². The van der Waals surface area contributed by atoms with E-state index in [4.69, 9.17) is 4.43 Å². The van der Waals surface area contributed by atoms with Crippen LogP contribution in [-0.2, 0) is 4.43 Å². The van der Waals surface area contributed by atoms with Crippen LogP contribution in [0.15, 0.2) is 30.5 Å². The maximum Gasteiger partial charge on any atom is 0.311 e. The highest BCUT2D eigenvalue weighted by Crippen LogP contribution is 2.45. The van der Waals surface area contributed by atoms with Gasteiger partial charge in [0.2, 0.25) is 0 Å². The Balaban J connectivity index is 1.72. The van der Waals surface area contributed by atoms with Gasteiger partial charge in [-0.25, -0.2) is 4.98 Å². The van der Waals surface area contributed by atoms with Crippen molar-refractivity contribution in [3.05, 3.63) is 40.6 Å². The van der Waals surface area contributed by atoms with Crippen LogP contribution in [-0.4, -0.2) is 30.4 Å². The van der Waals surface area contributed by atoms with Gasteiger partial charge in [0.05, 0.1) is 16.0 Å². The molecule has 1 N–H and O–H groups in total. The van der Waals surface area contributed by atoms with Gasteiger partial charge in [-0.2, -0.15) is 0 Å². The average Bonchev–Trinajstić information content (AvgIpc) is 2.70. The van der Waals surface area contributed by atoms with Crippen molar-refractivity contribution in [3.8, 4) is 0 Å². The molecule has 1 aromatic carbocycles. The van der Waals surface area contributed by atoms with Crippen molar-refractivity contribution in [2.45, 2.75) is 89.5 Å². The van der Waals surface area contributed by atoms with Crippen LogP contribution < -0.4 is 5.32 Å². The quantitative estimate of drug-likeness (QED) is 0.204. The Bertz CT molecular complexity index is 918. The fourth-order valence-corrected chi connectivity index (χ4v) is 6.07. The molecule has 7 heteroatoms. The van der Waals surface area contributed by atoms with Crippen LogP contribution in [0.1, 0.15) is 65.7 Å². The summed E-state index contributed by atoms with van der Waals surface area (Å²) in [5.41, 5.74) is 1.32. The minimum absolute atomic E-state index is 0.0311. The van der Waals surface area contributed by atoms with Gasteiger partial charge in [-0.05, 0) is 49.9 Å². The molecule has 0 atom stereocenters. The molecule has 1 saturated carbocycles. The monoisotopic (exact) mass is 443 g/mol. The van der Waals surface area contributed by atoms with E-state index in [1.165, 1.54) is 25.5 Å². The summed E-state index contributed by atoms with van der Waals surface area (Å²) < 4.78 is 7.01. The van der Waals surface area contributed by atoms with Crippen molar-refractivity contribution in [2.75, 3.05) is 11.9 Å². The number of hydrogen-bond acceptors (Lipinski definition) is 5. The molecule has 1 heterocycles. The number of fused-ring (bicyclic) bond motifs is 1. The summed E-state index contributed by atoms with van der Waals surface area (Å²) in [6.45, 7) is 12.3. The smallest absolute Gasteiger partial charge is 0.311 e. The first-order valence-electron chi connectivity index (χ1n) is 11.5. The lowest BCUT2D eigenvalue weighted by molar-refractivity contribution is -0.384. The third-order valence-electron chi connectivity index (χ3n) is 7.11. The predicted octanol–water partition coefficient (Wildman–Crippen LogP) is 7.06. The minimum Gasteiger partial charge on any atom is -0.411 e. The van der Waals surface area contributed by atoms with E-state index < -0.39 is 8.32 Å². The van der Waals surface area contributed by atoms with Crippen LogP contribution in [0.2, 0.25) is 18.1 Å². The number of anilines is 1. The molecule has 1 aliphatic carbocycles. The van der Waals surface area contributed by atoms with E-state index in [9.17, 15) is 10.1 Å². The average molecular weight is 444 g/mol. The van der Waals surface area contributed by atoms with E-state index in [0.717, 1.165) is 36.6 Å². The largest absolute Gasteiger partial charge is 0.411 e. The minimum atomic E-state index is -1.87. The summed E-state index contributed by atoms with van der Waals surface area (Å²) in [5, 5.41) is 15.9. The Morgan fingerprint density at radius 2 is 1.87 bits per heavy atom. The maximum atomic E-state index is 11.6. The van der Waals surface area contributed by atoms with Crippen molar-refractivity contribution in [3.63, 3.8) is 0 Å². The lowest BCUT2D eigenvalue weighted by Crippen LogP contribution is -2.50. The molecule has 0 aliphatic heterocycles. The summed E-state index contributed by atoms with van der Waals surface area (Å²) in [6, 6.07) is 7.56. The van der Waals surface area contributed by atoms with E-state index >= 15 is 0 Å². The molecule has 1 fully saturated rings. The first-order chi connectivity index (χ1) is 14.5. The Morgan fingerprint density at radius 3 is 2.52 bits per heavy atom. The van der Waals surface area contributed by atoms with E-state index in [1.54, 1.807) is 0 Å². The summed E-state index contributed by atoms with van der Waals surface area (Å²) in [5.74, 6) is 0. The molecular formula is C24H37N3O3Si. The standard InChI is InChI=1S/C24H37N3O3Si/c1-23(2,3)31(4,5)30-24(14-9-6-10-15-24)16-11-17-25-22-19-12-7-8-13-20(19)26-18-21(22)27(28)29/h7-8,12-13,18H,6,9-11,14-17H2,1-5H3,(H,25,26). The number of benzene rings is 1. The number of nitrogens with zero attached hydrogens (tertiary/aromatic N) is 2. The van der Waals surface area contributed by atoms with Gasteiger partial charge in [0.25, 0.3) is 0 Å². The van der Waals surface area contributed by atoms with Crippen molar-refractivity contribution >= 4 is 30.6 Å². The van der Waals surface area contributed by atoms with Crippen LogP contribution in [0, 0.1) is 10.1 Å². The van der Waals surface area contributed by atoms with Gasteiger partial charge in [-0.15, -0.1) is 0 Å². The fourth-order valence-electron chi connectivity index (χ4n) is 4.37. The summed E-state index contributed by atoms with van der Waals surface area (Å²) in [7, 11) is -1.87. The highest BCUT2D eigenvalue weighted by atomic mass is 28.4. The first kappa shape index (κ1) is 23.7. The third-order valence-corrected chi connectivity index (χ3v) is 11.7. The number of rotatable bonds is 8. The molecule has 31 heavy (non-hydrogen) atoms. The molecule has 3 rings (SSSR count). The van der Waals surface area contributed by atoms with Gasteiger partial charge >= 0.3 is 5.69 Å². The molecule has 0 spiro atoms. The Kier molecular flexibility index (Phi) is 7.06. The van der Waals surface area contributed by atoms with Crippen molar-refractivity contribution in [1.29, 1.82) is 0 Å². The van der Waals surface area contributed by atoms with Crippen LogP contribution in [0.4, 0.5) is 11.4 Å². The molecule has 0 radical (unpaired) electrons. The molecule has 1 aromatic heterocycles. The molecular weight excluding hydrogens is 406 g/mol. The molecule has 2 aromatic rings. The zero-order valence-electron chi connectivity index (χ0n) is 19.7. The van der Waals surface area contributed by atoms with E-state index in [2.05, 4.69) is 44.2 Å². The van der Waals surface area contributed by atoms with Crippen LogP contribution in [0.3, 0.4) is 0 Å². The molecule has 0 amide bonds. The van der Waals surface area contributed by atoms with Crippen molar-refractivity contribution in [2.24, 2.45) is 0 Å². The normalized spacial score (nSPS) is 16.9. The van der Waals surface area contributed by atoms with Crippen LogP contribution in [0.25, 0.3) is 10.9 Å². The van der Waals surface area contributed by atoms with Gasteiger partial charge in [-0.3, -0.25) is 10.1 Å². The molecule has 0 bridgehead atoms. The molecule has 170 valence electrons. The van der Waals surface area contributed by atoms with E-state index in [1.807, 2.05) is 24.3 Å². The summed E-state index contributed by atoms with van der Waals surface area (Å²) in [6.07, 6.45) is 9.25. The van der Waals surface area contributed by atoms with Gasteiger partial charge in [0.1, 0.15) is 11.9 Å². The van der Waals surface area contributed by atoms with Crippen LogP contribution >= 0.6 is 0 Å². The lowest BCUT2D eigenvalue weighted by Gasteiger charge is -2.47. The van der Waals surface area contributed by atoms with Crippen LogP contribution in [0.5, 0.6) is 0 Å². The van der Waals surface area contributed by atoms with E-state index in [-0.39, 0.29) is 21.3 Å². The summed E-state index contributed by atoms with van der Waals surface area (Å²) >= 11 is 0. The Hall–Kier alpha value is -1.99. The number of para-hydroxylation sites is 1. The molecule has 0 unspecified atom stereocenters. The number of nitro groups is 1. The first-order valence-corrected chi connectivity index (χ1v) is 14.4. The van der Waals surface area contributed by atoms with Gasteiger partial charge in [0.15, 0.2) is 8.32 Å². The zero-order valence-corrected chi connectivity index (χ0v) is 20.7. The maximum absolute atomic E-state index is 11.6. The number of pyridine rings is 1. The molecule has 6 nitrogen and oxygen atoms in total. The summed E-state index contributed by atoms with van der Waals surface area (Å²) in [4.78, 5) is 15.4. The van der Waals surface area contributed by atoms with Gasteiger partial charge in [0, 0.05) is 11.9 Å². The SMILES string of the molecule is CC(C)(C)[Si](C)(C)OC1(CCCNc2c([N+](=O)[O-])cnc3ccccc23)CCCCC1. The lowest BCUT2D eigenvalue weighted by atomic mass is 9.82.